The van der Waals surface area contributed by atoms with Crippen molar-refractivity contribution in [3.05, 3.63) is 75.8 Å². The van der Waals surface area contributed by atoms with E-state index >= 15 is 0 Å². The van der Waals surface area contributed by atoms with Gasteiger partial charge in [-0.1, -0.05) is 22.0 Å². The zero-order chi connectivity index (χ0) is 27.6. The Bertz CT molecular complexity index is 1690. The van der Waals surface area contributed by atoms with E-state index < -0.39 is 0 Å². The van der Waals surface area contributed by atoms with Crippen LogP contribution in [0.1, 0.15) is 22.6 Å². The largest absolute Gasteiger partial charge is 0.497 e. The number of pyridine rings is 1. The zero-order valence-corrected chi connectivity index (χ0v) is 24.2. The van der Waals surface area contributed by atoms with Crippen LogP contribution in [0.2, 0.25) is 0 Å². The van der Waals surface area contributed by atoms with E-state index in [2.05, 4.69) is 31.1 Å². The molecule has 0 atom stereocenters. The molecule has 10 nitrogen and oxygen atoms in total. The molecule has 6 rings (SSSR count). The first-order chi connectivity index (χ1) is 19.6. The van der Waals surface area contributed by atoms with Crippen LogP contribution < -0.4 is 19.5 Å². The highest BCUT2D eigenvalue weighted by Gasteiger charge is 2.21. The van der Waals surface area contributed by atoms with Crippen molar-refractivity contribution in [2.75, 3.05) is 39.7 Å². The van der Waals surface area contributed by atoms with E-state index in [1.807, 2.05) is 48.7 Å². The highest BCUT2D eigenvalue weighted by molar-refractivity contribution is 9.10. The molecular formula is C29H30BrN7O3. The monoisotopic (exact) mass is 603 g/mol. The van der Waals surface area contributed by atoms with Gasteiger partial charge in [-0.2, -0.15) is 4.52 Å². The molecule has 0 bridgehead atoms. The molecule has 5 aromatic rings. The lowest BCUT2D eigenvalue weighted by Gasteiger charge is -2.28. The summed E-state index contributed by atoms with van der Waals surface area (Å²) in [6.45, 7) is 3.11. The summed E-state index contributed by atoms with van der Waals surface area (Å²) in [6, 6.07) is 13.6. The van der Waals surface area contributed by atoms with Gasteiger partial charge >= 0.3 is 0 Å². The highest BCUT2D eigenvalue weighted by atomic mass is 79.9. The summed E-state index contributed by atoms with van der Waals surface area (Å²) in [5.74, 6) is 3.48. The molecule has 1 aliphatic heterocycles. The molecule has 1 N–H and O–H groups in total. The number of aromatic nitrogens is 5. The van der Waals surface area contributed by atoms with Crippen LogP contribution in [0.3, 0.4) is 0 Å². The summed E-state index contributed by atoms with van der Waals surface area (Å²) in [4.78, 5) is 16.9. The maximum absolute atomic E-state index is 5.63. The van der Waals surface area contributed by atoms with Crippen LogP contribution in [0.5, 0.6) is 17.2 Å². The number of anilines is 1. The summed E-state index contributed by atoms with van der Waals surface area (Å²) in [5, 5.41) is 9.21. The molecule has 4 heterocycles. The van der Waals surface area contributed by atoms with Gasteiger partial charge in [-0.05, 0) is 42.3 Å². The van der Waals surface area contributed by atoms with Crippen LogP contribution in [0.4, 0.5) is 5.95 Å². The van der Waals surface area contributed by atoms with Gasteiger partial charge in [-0.15, -0.1) is 5.10 Å². The number of fused-ring (bicyclic) bond motifs is 4. The number of para-hydroxylation sites is 1. The fourth-order valence-electron chi connectivity index (χ4n) is 5.12. The van der Waals surface area contributed by atoms with Gasteiger partial charge < -0.3 is 19.5 Å². The molecule has 0 saturated carbocycles. The van der Waals surface area contributed by atoms with Gasteiger partial charge in [0.2, 0.25) is 5.95 Å². The Balaban J connectivity index is 1.29. The quantitative estimate of drug-likeness (QED) is 0.257. The van der Waals surface area contributed by atoms with E-state index in [9.17, 15) is 0 Å². The standard InChI is InChI=1S/C29H30BrN7O3/c1-38-19-8-7-18(25(15-19)40-3)16-32-29-34-27-21(5-4-6-24(27)39-2)28-33-26(35-37(28)29)11-14-36-13-10-20-22(30)9-12-31-23(20)17-36/h4-9,12,15H,10-11,13-14,16-17H2,1-3H3,(H,32,34). The van der Waals surface area contributed by atoms with Gasteiger partial charge in [0.25, 0.3) is 0 Å². The lowest BCUT2D eigenvalue weighted by atomic mass is 10.1. The Morgan fingerprint density at radius 1 is 1.00 bits per heavy atom. The van der Waals surface area contributed by atoms with Crippen molar-refractivity contribution in [1.82, 2.24) is 29.5 Å². The van der Waals surface area contributed by atoms with Crippen LogP contribution in [0, 0.1) is 0 Å². The number of benzene rings is 2. The molecule has 206 valence electrons. The third kappa shape index (κ3) is 5.02. The van der Waals surface area contributed by atoms with E-state index in [0.29, 0.717) is 24.7 Å². The van der Waals surface area contributed by atoms with E-state index in [1.165, 1.54) is 5.56 Å². The molecule has 2 aromatic carbocycles. The van der Waals surface area contributed by atoms with Crippen molar-refractivity contribution in [1.29, 1.82) is 0 Å². The maximum atomic E-state index is 5.63. The average Bonchev–Trinajstić information content (AvgIpc) is 3.43. The molecular weight excluding hydrogens is 574 g/mol. The minimum absolute atomic E-state index is 0.473. The van der Waals surface area contributed by atoms with Gasteiger partial charge in [-0.25, -0.2) is 9.97 Å². The Hall–Kier alpha value is -3.96. The molecule has 1 aliphatic rings. The summed E-state index contributed by atoms with van der Waals surface area (Å²) in [7, 11) is 4.93. The SMILES string of the molecule is COc1ccc(CNc2nc3c(OC)cccc3c3nc(CCN4CCc5c(Br)ccnc5C4)nn23)c(OC)c1. The summed E-state index contributed by atoms with van der Waals surface area (Å²) < 4.78 is 19.5. The summed E-state index contributed by atoms with van der Waals surface area (Å²) in [5.41, 5.74) is 4.86. The molecule has 40 heavy (non-hydrogen) atoms. The number of methoxy groups -OCH3 is 3. The Morgan fingerprint density at radius 2 is 1.88 bits per heavy atom. The normalized spacial score (nSPS) is 13.4. The summed E-state index contributed by atoms with van der Waals surface area (Å²) >= 11 is 3.66. The third-order valence-corrected chi connectivity index (χ3v) is 7.99. The van der Waals surface area contributed by atoms with Crippen LogP contribution in [0.25, 0.3) is 16.6 Å². The second-order valence-corrected chi connectivity index (χ2v) is 10.4. The van der Waals surface area contributed by atoms with E-state index in [0.717, 1.165) is 75.7 Å². The fourth-order valence-corrected chi connectivity index (χ4v) is 5.67. The Labute approximate surface area is 240 Å². The lowest BCUT2D eigenvalue weighted by Crippen LogP contribution is -2.33. The number of ether oxygens (including phenoxy) is 3. The topological polar surface area (TPSA) is 98.9 Å². The number of halogens is 1. The molecule has 3 aromatic heterocycles. The minimum Gasteiger partial charge on any atom is -0.497 e. The van der Waals surface area contributed by atoms with Gasteiger partial charge in [0.05, 0.1) is 27.0 Å². The van der Waals surface area contributed by atoms with E-state index in [1.54, 1.807) is 25.8 Å². The smallest absolute Gasteiger partial charge is 0.226 e. The molecule has 0 fully saturated rings. The van der Waals surface area contributed by atoms with Crippen molar-refractivity contribution in [2.24, 2.45) is 0 Å². The first-order valence-corrected chi connectivity index (χ1v) is 13.9. The first kappa shape index (κ1) is 26.3. The van der Waals surface area contributed by atoms with Crippen molar-refractivity contribution < 1.29 is 14.2 Å². The number of hydrogen-bond donors (Lipinski definition) is 1. The molecule has 0 saturated heterocycles. The Kier molecular flexibility index (Phi) is 7.40. The number of nitrogens with zero attached hydrogens (tertiary/aromatic N) is 6. The maximum Gasteiger partial charge on any atom is 0.226 e. The van der Waals surface area contributed by atoms with Crippen LogP contribution in [0.15, 0.2) is 53.1 Å². The highest BCUT2D eigenvalue weighted by Crippen LogP contribution is 2.30. The zero-order valence-electron chi connectivity index (χ0n) is 22.6. The van der Waals surface area contributed by atoms with Crippen molar-refractivity contribution in [3.8, 4) is 17.2 Å². The van der Waals surface area contributed by atoms with E-state index in [-0.39, 0.29) is 0 Å². The first-order valence-electron chi connectivity index (χ1n) is 13.1. The number of hydrogen-bond acceptors (Lipinski definition) is 9. The molecule has 0 aliphatic carbocycles. The predicted molar refractivity (Wildman–Crippen MR) is 156 cm³/mol. The van der Waals surface area contributed by atoms with Gasteiger partial charge in [0.15, 0.2) is 11.5 Å². The van der Waals surface area contributed by atoms with Crippen LogP contribution in [-0.2, 0) is 25.9 Å². The second-order valence-electron chi connectivity index (χ2n) is 9.58. The van der Waals surface area contributed by atoms with Crippen molar-refractivity contribution in [2.45, 2.75) is 25.9 Å². The van der Waals surface area contributed by atoms with Gasteiger partial charge in [-0.3, -0.25) is 9.88 Å². The average molecular weight is 605 g/mol. The third-order valence-electron chi connectivity index (χ3n) is 7.25. The van der Waals surface area contributed by atoms with Crippen LogP contribution in [-0.4, -0.2) is 63.9 Å². The fraction of sp³-hybridized carbons (Fsp3) is 0.310. The molecule has 0 unspecified atom stereocenters. The second kappa shape index (κ2) is 11.3. The van der Waals surface area contributed by atoms with Crippen molar-refractivity contribution in [3.63, 3.8) is 0 Å². The lowest BCUT2D eigenvalue weighted by molar-refractivity contribution is 0.251. The summed E-state index contributed by atoms with van der Waals surface area (Å²) in [6.07, 6.45) is 3.54. The van der Waals surface area contributed by atoms with E-state index in [4.69, 9.17) is 29.3 Å². The number of nitrogens with one attached hydrogen (secondary N) is 1. The molecule has 11 heteroatoms. The van der Waals surface area contributed by atoms with Crippen LogP contribution >= 0.6 is 15.9 Å². The molecule has 0 spiro atoms. The molecule has 0 amide bonds. The predicted octanol–water partition coefficient (Wildman–Crippen LogP) is 4.67. The van der Waals surface area contributed by atoms with Crippen molar-refractivity contribution >= 4 is 38.4 Å². The Morgan fingerprint density at radius 3 is 2.70 bits per heavy atom. The minimum atomic E-state index is 0.473. The number of rotatable bonds is 9. The van der Waals surface area contributed by atoms with Gasteiger partial charge in [0.1, 0.15) is 22.8 Å². The molecule has 0 radical (unpaired) electrons. The van der Waals surface area contributed by atoms with Gasteiger partial charge in [0, 0.05) is 60.3 Å².